The fourth-order valence-electron chi connectivity index (χ4n) is 0.800. The van der Waals surface area contributed by atoms with Gasteiger partial charge in [-0.15, -0.1) is 0 Å². The summed E-state index contributed by atoms with van der Waals surface area (Å²) >= 11 is 0. The van der Waals surface area contributed by atoms with Crippen LogP contribution in [0.4, 0.5) is 0 Å². The quantitative estimate of drug-likeness (QED) is 0.210. The van der Waals surface area contributed by atoms with Gasteiger partial charge in [0, 0.05) is 19.5 Å². The third-order valence-corrected chi connectivity index (χ3v) is 1.56. The molecular formula is C7H19N4O2+. The number of aliphatic hydroxyl groups is 1. The summed E-state index contributed by atoms with van der Waals surface area (Å²) in [5.74, 6) is -0.0422. The summed E-state index contributed by atoms with van der Waals surface area (Å²) in [5.41, 5.74) is 10.3. The molecule has 0 spiro atoms. The van der Waals surface area contributed by atoms with E-state index in [0.717, 1.165) is 6.42 Å². The zero-order valence-corrected chi connectivity index (χ0v) is 7.70. The minimum absolute atomic E-state index is 0.0422. The highest BCUT2D eigenvalue weighted by Gasteiger charge is 2.02. The Balaban J connectivity index is 3.12. The largest absolute Gasteiger partial charge is 0.377 e. The Hall–Kier alpha value is -0.530. The molecule has 0 aromatic heterocycles. The molecule has 8 N–H and O–H groups in total. The van der Waals surface area contributed by atoms with E-state index in [1.54, 1.807) is 5.32 Å². The second-order valence-electron chi connectivity index (χ2n) is 2.72. The fourth-order valence-corrected chi connectivity index (χ4v) is 0.800. The van der Waals surface area contributed by atoms with Crippen LogP contribution in [0, 0.1) is 0 Å². The number of quaternary nitrogens is 1. The van der Waals surface area contributed by atoms with Crippen LogP contribution in [0.1, 0.15) is 6.42 Å². The van der Waals surface area contributed by atoms with Crippen molar-refractivity contribution >= 4 is 5.91 Å². The van der Waals surface area contributed by atoms with Gasteiger partial charge in [0.2, 0.25) is 0 Å². The van der Waals surface area contributed by atoms with Crippen LogP contribution in [0.2, 0.25) is 0 Å². The number of nitrogens with two attached hydrogens (primary N) is 3. The van der Waals surface area contributed by atoms with Gasteiger partial charge in [0.05, 0.1) is 6.54 Å². The fraction of sp³-hybridized carbons (Fsp3) is 0.857. The molecule has 1 atom stereocenters. The van der Waals surface area contributed by atoms with E-state index in [4.69, 9.17) is 16.6 Å². The number of primary amides is 1. The van der Waals surface area contributed by atoms with Crippen molar-refractivity contribution in [3.8, 4) is 0 Å². The Morgan fingerprint density at radius 2 is 2.23 bits per heavy atom. The Morgan fingerprint density at radius 1 is 1.54 bits per heavy atom. The smallest absolute Gasteiger partial charge is 0.324 e. The normalized spacial score (nSPS) is 12.8. The van der Waals surface area contributed by atoms with Crippen LogP contribution < -0.4 is 22.1 Å². The third-order valence-electron chi connectivity index (χ3n) is 1.56. The molecule has 0 aliphatic rings. The minimum Gasteiger partial charge on any atom is -0.377 e. The van der Waals surface area contributed by atoms with Crippen LogP contribution in [-0.4, -0.2) is 43.4 Å². The van der Waals surface area contributed by atoms with E-state index in [2.05, 4.69) is 5.32 Å². The maximum atomic E-state index is 10.7. The van der Waals surface area contributed by atoms with Gasteiger partial charge in [-0.25, -0.2) is 4.79 Å². The van der Waals surface area contributed by atoms with Crippen molar-refractivity contribution in [1.82, 2.24) is 5.32 Å². The molecule has 0 aliphatic carbocycles. The molecule has 0 aromatic rings. The highest BCUT2D eigenvalue weighted by Crippen LogP contribution is 1.73. The average Bonchev–Trinajstić information content (AvgIpc) is 2.16. The molecule has 78 valence electrons. The van der Waals surface area contributed by atoms with Crippen LogP contribution in [0.3, 0.4) is 0 Å². The standard InChI is InChI=1S/C7H18N4O2/c8-4-6(12)10-2-1-3-11-7(13)5-9/h6,10,12H,1-5,8-9H2,(H,11,13)/p+1. The lowest BCUT2D eigenvalue weighted by molar-refractivity contribution is -0.567. The first kappa shape index (κ1) is 12.5. The number of rotatable bonds is 7. The minimum atomic E-state index is -0.648. The molecule has 0 rings (SSSR count). The summed E-state index contributed by atoms with van der Waals surface area (Å²) in [6.45, 7) is 1.59. The summed E-state index contributed by atoms with van der Waals surface area (Å²) in [7, 11) is 0. The van der Waals surface area contributed by atoms with E-state index in [9.17, 15) is 4.79 Å². The molecule has 0 aromatic carbocycles. The maximum Gasteiger partial charge on any atom is 0.324 e. The molecule has 0 saturated carbocycles. The second kappa shape index (κ2) is 8.09. The molecule has 0 bridgehead atoms. The first-order chi connectivity index (χ1) is 6.20. The summed E-state index contributed by atoms with van der Waals surface area (Å²) in [4.78, 5) is 10.7. The third kappa shape index (κ3) is 7.82. The van der Waals surface area contributed by atoms with Gasteiger partial charge in [-0.3, -0.25) is 10.6 Å². The molecule has 1 amide bonds. The van der Waals surface area contributed by atoms with E-state index in [1.165, 1.54) is 0 Å². The lowest BCUT2D eigenvalue weighted by Crippen LogP contribution is -2.89. The van der Waals surface area contributed by atoms with Crippen molar-refractivity contribution in [2.24, 2.45) is 11.5 Å². The molecule has 0 heterocycles. The Morgan fingerprint density at radius 3 is 2.77 bits per heavy atom. The average molecular weight is 191 g/mol. The number of carbonyl (C=O) groups is 1. The topological polar surface area (TPSA) is 118 Å². The van der Waals surface area contributed by atoms with Crippen LogP contribution in [0.15, 0.2) is 0 Å². The highest BCUT2D eigenvalue weighted by atomic mass is 16.3. The first-order valence-corrected chi connectivity index (χ1v) is 4.38. The van der Waals surface area contributed by atoms with Crippen LogP contribution >= 0.6 is 0 Å². The van der Waals surface area contributed by atoms with Crippen molar-refractivity contribution in [3.63, 3.8) is 0 Å². The molecular weight excluding hydrogens is 172 g/mol. The van der Waals surface area contributed by atoms with Crippen molar-refractivity contribution in [2.45, 2.75) is 12.6 Å². The van der Waals surface area contributed by atoms with Gasteiger partial charge in [-0.1, -0.05) is 0 Å². The van der Waals surface area contributed by atoms with E-state index in [0.29, 0.717) is 13.1 Å². The van der Waals surface area contributed by atoms with E-state index >= 15 is 0 Å². The van der Waals surface area contributed by atoms with Gasteiger partial charge in [-0.05, 0) is 0 Å². The summed E-state index contributed by atoms with van der Waals surface area (Å²) < 4.78 is 0. The zero-order valence-electron chi connectivity index (χ0n) is 7.70. The molecule has 0 radical (unpaired) electrons. The highest BCUT2D eigenvalue weighted by molar-refractivity contribution is 5.67. The number of hydrogen-bond acceptors (Lipinski definition) is 5. The number of hydrogen-bond donors (Lipinski definition) is 5. The van der Waals surface area contributed by atoms with Crippen molar-refractivity contribution in [3.05, 3.63) is 0 Å². The van der Waals surface area contributed by atoms with Crippen LogP contribution in [0.5, 0.6) is 0 Å². The number of aliphatic hydroxyl groups excluding tert-OH is 1. The Kier molecular flexibility index (Phi) is 7.76. The molecule has 0 aliphatic heterocycles. The molecule has 0 fully saturated rings. The van der Waals surface area contributed by atoms with E-state index in [1.807, 2.05) is 0 Å². The predicted molar refractivity (Wildman–Crippen MR) is 48.5 cm³/mol. The lowest BCUT2D eigenvalue weighted by atomic mass is 10.4. The predicted octanol–water partition coefficient (Wildman–Crippen LogP) is -3.71. The van der Waals surface area contributed by atoms with Gasteiger partial charge in [-0.2, -0.15) is 0 Å². The summed E-state index contributed by atoms with van der Waals surface area (Å²) in [6, 6.07) is 0. The SMILES string of the molecule is NCC(=O)[NH2+]CCCNC(O)CN. The summed E-state index contributed by atoms with van der Waals surface area (Å²) in [6.07, 6.45) is 0.146. The Labute approximate surface area is 77.7 Å². The number of carbonyl (C=O) groups excluding carboxylic acids is 1. The van der Waals surface area contributed by atoms with E-state index < -0.39 is 6.23 Å². The summed E-state index contributed by atoms with van der Waals surface area (Å²) in [5, 5.41) is 13.3. The van der Waals surface area contributed by atoms with Gasteiger partial charge in [0.15, 0.2) is 0 Å². The van der Waals surface area contributed by atoms with Crippen molar-refractivity contribution in [1.29, 1.82) is 0 Å². The van der Waals surface area contributed by atoms with Gasteiger partial charge in [0.1, 0.15) is 12.8 Å². The lowest BCUT2D eigenvalue weighted by Gasteiger charge is -2.08. The van der Waals surface area contributed by atoms with Gasteiger partial charge < -0.3 is 16.6 Å². The molecule has 6 heteroatoms. The molecule has 1 unspecified atom stereocenters. The zero-order chi connectivity index (χ0) is 10.1. The van der Waals surface area contributed by atoms with Crippen LogP contribution in [0.25, 0.3) is 0 Å². The van der Waals surface area contributed by atoms with Gasteiger partial charge in [0.25, 0.3) is 0 Å². The van der Waals surface area contributed by atoms with E-state index in [-0.39, 0.29) is 19.0 Å². The molecule has 0 saturated heterocycles. The first-order valence-electron chi connectivity index (χ1n) is 4.38. The second-order valence-corrected chi connectivity index (χ2v) is 2.72. The van der Waals surface area contributed by atoms with Gasteiger partial charge >= 0.3 is 5.91 Å². The maximum absolute atomic E-state index is 10.7. The van der Waals surface area contributed by atoms with Crippen LogP contribution in [-0.2, 0) is 4.79 Å². The monoisotopic (exact) mass is 191 g/mol. The molecule has 13 heavy (non-hydrogen) atoms. The number of nitrogens with one attached hydrogen (secondary N) is 1. The van der Waals surface area contributed by atoms with Crippen molar-refractivity contribution in [2.75, 3.05) is 26.2 Å². The Bertz CT molecular complexity index is 142. The van der Waals surface area contributed by atoms with Crippen molar-refractivity contribution < 1.29 is 15.2 Å². The molecule has 6 nitrogen and oxygen atoms in total. The number of amides is 1.